The number of ether oxygens (including phenoxy) is 3. The molecule has 2 atom stereocenters. The van der Waals surface area contributed by atoms with Gasteiger partial charge in [-0.3, -0.25) is 33.8 Å². The van der Waals surface area contributed by atoms with E-state index in [4.69, 9.17) is 29.8 Å². The Kier molecular flexibility index (Phi) is 15.2. The van der Waals surface area contributed by atoms with Crippen molar-refractivity contribution >= 4 is 59.3 Å². The lowest BCUT2D eigenvalue weighted by Gasteiger charge is -2.20. The van der Waals surface area contributed by atoms with Crippen molar-refractivity contribution in [3.05, 3.63) is 90.0 Å². The summed E-state index contributed by atoms with van der Waals surface area (Å²) in [6.45, 7) is 6.52. The first-order valence-corrected chi connectivity index (χ1v) is 19.4. The number of carbonyl (C=O) groups is 6. The average Bonchev–Trinajstić information content (AvgIpc) is 3.91. The van der Waals surface area contributed by atoms with Crippen LogP contribution in [0.15, 0.2) is 78.1 Å². The number of anilines is 2. The molecule has 6 rings (SSSR count). The minimum Gasteiger partial charge on any atom is -0.493 e. The first-order chi connectivity index (χ1) is 29.2. The van der Waals surface area contributed by atoms with Crippen LogP contribution in [0.2, 0.25) is 0 Å². The number of carboxylic acid groups (broad SMARTS) is 1. The van der Waals surface area contributed by atoms with Crippen molar-refractivity contribution in [3.63, 3.8) is 0 Å². The fourth-order valence-corrected chi connectivity index (χ4v) is 6.66. The van der Waals surface area contributed by atoms with E-state index in [0.717, 1.165) is 16.7 Å². The van der Waals surface area contributed by atoms with Gasteiger partial charge >= 0.3 is 5.97 Å². The van der Waals surface area contributed by atoms with E-state index in [9.17, 15) is 24.0 Å². The highest BCUT2D eigenvalue weighted by Gasteiger charge is 2.34. The number of fused-ring (bicyclic) bond motifs is 2. The third kappa shape index (κ3) is 11.5. The van der Waals surface area contributed by atoms with Gasteiger partial charge in [-0.2, -0.15) is 0 Å². The predicted octanol–water partition coefficient (Wildman–Crippen LogP) is 4.29. The standard InChI is InChI=1S/C42H48N8O8.CH2O2/c1-25-16-31-21-45-33-20-37(36(56-5)19-32(33)41(54)50(31)22-25)57-14-6-8-38(51)46-30-18-35(49(4)24-30)40(53)47-29-11-9-27(10-12-29)28-17-34(48(3)23-28)39(52)44-13-7-15-58-42(55)26(2)43;2-1-3/h9-12,17-21,23-24,26,31H,1,6-8,13-16,22,43H2,2-5H3,(H,44,52)(H,46,51)(H,47,53);1H,(H,2,3)/t26?,31-;/m0./s1. The predicted molar refractivity (Wildman–Crippen MR) is 228 cm³/mol. The Bertz CT molecular complexity index is 2310. The molecule has 0 spiro atoms. The lowest BCUT2D eigenvalue weighted by Crippen LogP contribution is -2.35. The molecule has 2 aliphatic rings. The maximum absolute atomic E-state index is 13.2. The molecule has 2 aromatic carbocycles. The van der Waals surface area contributed by atoms with E-state index in [1.54, 1.807) is 83.9 Å². The first kappa shape index (κ1) is 44.9. The summed E-state index contributed by atoms with van der Waals surface area (Å²) < 4.78 is 19.9. The van der Waals surface area contributed by atoms with Crippen molar-refractivity contribution in [3.8, 4) is 22.6 Å². The smallest absolute Gasteiger partial charge is 0.322 e. The molecule has 0 saturated carbocycles. The number of methoxy groups -OCH3 is 1. The van der Waals surface area contributed by atoms with Gasteiger partial charge in [-0.25, -0.2) is 0 Å². The SMILES string of the molecule is C=C1C[C@H]2C=Nc3cc(OCCCC(=O)Nc4cc(C(=O)Nc5ccc(-c6cc(C(=O)NCCCOC(=O)C(C)N)n(C)c6)cc5)n(C)c4)c(OC)cc3C(=O)N2C1.O=CO. The number of benzene rings is 2. The van der Waals surface area contributed by atoms with Crippen LogP contribution in [0.25, 0.3) is 11.1 Å². The largest absolute Gasteiger partial charge is 0.493 e. The molecule has 4 heterocycles. The highest BCUT2D eigenvalue weighted by molar-refractivity contribution is 6.05. The third-order valence-corrected chi connectivity index (χ3v) is 9.71. The number of amides is 4. The van der Waals surface area contributed by atoms with Gasteiger partial charge in [0.15, 0.2) is 11.5 Å². The van der Waals surface area contributed by atoms with Crippen molar-refractivity contribution in [1.29, 1.82) is 0 Å². The maximum atomic E-state index is 13.2. The summed E-state index contributed by atoms with van der Waals surface area (Å²) in [7, 11) is 5.00. The topological polar surface area (TPSA) is 238 Å². The summed E-state index contributed by atoms with van der Waals surface area (Å²) >= 11 is 0. The molecule has 1 unspecified atom stereocenters. The van der Waals surface area contributed by atoms with E-state index < -0.39 is 12.0 Å². The fourth-order valence-electron chi connectivity index (χ4n) is 6.66. The Labute approximate surface area is 352 Å². The zero-order chi connectivity index (χ0) is 44.2. The number of esters is 1. The van der Waals surface area contributed by atoms with E-state index >= 15 is 0 Å². The zero-order valence-corrected chi connectivity index (χ0v) is 34.4. The van der Waals surface area contributed by atoms with Gasteiger partial charge in [0, 0.05) is 69.5 Å². The summed E-state index contributed by atoms with van der Waals surface area (Å²) in [5.74, 6) is -0.659. The molecule has 1 saturated heterocycles. The number of aromatic nitrogens is 2. The van der Waals surface area contributed by atoms with Crippen LogP contribution in [0.4, 0.5) is 17.1 Å². The summed E-state index contributed by atoms with van der Waals surface area (Å²) in [6.07, 6.45) is 6.97. The fraction of sp³-hybridized carbons (Fsp3) is 0.326. The van der Waals surface area contributed by atoms with Crippen molar-refractivity contribution in [2.24, 2.45) is 24.8 Å². The quantitative estimate of drug-likeness (QED) is 0.0462. The zero-order valence-electron chi connectivity index (χ0n) is 34.4. The summed E-state index contributed by atoms with van der Waals surface area (Å²) in [5, 5.41) is 15.4. The average molecular weight is 839 g/mol. The Balaban J connectivity index is 0.00000228. The molecule has 61 heavy (non-hydrogen) atoms. The molecule has 0 radical (unpaired) electrons. The molecule has 322 valence electrons. The number of aliphatic imine (C=N–C) groups is 1. The van der Waals surface area contributed by atoms with Crippen LogP contribution in [-0.2, 0) is 33.2 Å². The number of hydrogen-bond donors (Lipinski definition) is 5. The molecule has 18 heteroatoms. The van der Waals surface area contributed by atoms with Crippen molar-refractivity contribution in [1.82, 2.24) is 19.4 Å². The van der Waals surface area contributed by atoms with E-state index in [-0.39, 0.29) is 55.8 Å². The van der Waals surface area contributed by atoms with Crippen molar-refractivity contribution in [2.45, 2.75) is 44.7 Å². The lowest BCUT2D eigenvalue weighted by atomic mass is 10.1. The van der Waals surface area contributed by atoms with E-state index in [1.807, 2.05) is 18.3 Å². The summed E-state index contributed by atoms with van der Waals surface area (Å²) in [5.41, 5.74) is 10.9. The minimum atomic E-state index is -0.692. The number of rotatable bonds is 16. The van der Waals surface area contributed by atoms with E-state index in [2.05, 4.69) is 27.5 Å². The van der Waals surface area contributed by atoms with Crippen LogP contribution in [0.1, 0.15) is 63.9 Å². The van der Waals surface area contributed by atoms with E-state index in [0.29, 0.717) is 77.9 Å². The van der Waals surface area contributed by atoms with Crippen LogP contribution in [0, 0.1) is 0 Å². The van der Waals surface area contributed by atoms with Crippen LogP contribution in [0.5, 0.6) is 11.5 Å². The highest BCUT2D eigenvalue weighted by atomic mass is 16.5. The van der Waals surface area contributed by atoms with Gasteiger partial charge in [-0.15, -0.1) is 0 Å². The number of nitrogens with zero attached hydrogens (tertiary/aromatic N) is 4. The Morgan fingerprint density at radius 1 is 0.951 bits per heavy atom. The second-order valence-electron chi connectivity index (χ2n) is 14.4. The molecule has 6 N–H and O–H groups in total. The number of carbonyl (C=O) groups excluding carboxylic acids is 5. The van der Waals surface area contributed by atoms with Crippen LogP contribution < -0.4 is 31.2 Å². The molecule has 0 bridgehead atoms. The molecular formula is C43H50N8O10. The van der Waals surface area contributed by atoms with Crippen LogP contribution in [0.3, 0.4) is 0 Å². The van der Waals surface area contributed by atoms with Gasteiger partial charge in [-0.05, 0) is 62.1 Å². The molecule has 4 amide bonds. The van der Waals surface area contributed by atoms with Gasteiger partial charge in [0.25, 0.3) is 24.2 Å². The van der Waals surface area contributed by atoms with Gasteiger partial charge < -0.3 is 55.0 Å². The second-order valence-corrected chi connectivity index (χ2v) is 14.4. The molecule has 1 fully saturated rings. The van der Waals surface area contributed by atoms with Crippen LogP contribution >= 0.6 is 0 Å². The van der Waals surface area contributed by atoms with Crippen LogP contribution in [-0.4, -0.2) is 107 Å². The van der Waals surface area contributed by atoms with E-state index in [1.165, 1.54) is 7.11 Å². The monoisotopic (exact) mass is 838 g/mol. The Hall–Kier alpha value is -7.21. The second kappa shape index (κ2) is 20.7. The summed E-state index contributed by atoms with van der Waals surface area (Å²) in [4.78, 5) is 78.2. The molecular weight excluding hydrogens is 789 g/mol. The molecule has 4 aromatic rings. The first-order valence-electron chi connectivity index (χ1n) is 19.4. The molecule has 2 aliphatic heterocycles. The molecule has 0 aliphatic carbocycles. The Morgan fingerprint density at radius 3 is 2.36 bits per heavy atom. The van der Waals surface area contributed by atoms with Gasteiger partial charge in [-0.1, -0.05) is 24.3 Å². The number of nitrogens with one attached hydrogen (secondary N) is 3. The third-order valence-electron chi connectivity index (χ3n) is 9.71. The maximum Gasteiger partial charge on any atom is 0.322 e. The van der Waals surface area contributed by atoms with Gasteiger partial charge in [0.1, 0.15) is 17.4 Å². The lowest BCUT2D eigenvalue weighted by molar-refractivity contribution is -0.144. The minimum absolute atomic E-state index is 0.125. The summed E-state index contributed by atoms with van der Waals surface area (Å²) in [6, 6.07) is 13.1. The molecule has 2 aromatic heterocycles. The molecule has 18 nitrogen and oxygen atoms in total. The number of aryl methyl sites for hydroxylation is 2. The Morgan fingerprint density at radius 2 is 1.66 bits per heavy atom. The highest BCUT2D eigenvalue weighted by Crippen LogP contribution is 2.38. The number of hydrogen-bond acceptors (Lipinski definition) is 11. The number of nitrogens with two attached hydrogens (primary N) is 1. The van der Waals surface area contributed by atoms with Gasteiger partial charge in [0.2, 0.25) is 5.91 Å². The van der Waals surface area contributed by atoms with Gasteiger partial charge in [0.05, 0.1) is 43.3 Å². The normalized spacial score (nSPS) is 14.4. The van der Waals surface area contributed by atoms with Crippen molar-refractivity contribution < 1.29 is 48.1 Å². The van der Waals surface area contributed by atoms with Crippen molar-refractivity contribution in [2.75, 3.05) is 44.0 Å².